The predicted molar refractivity (Wildman–Crippen MR) is 125 cm³/mol. The topological polar surface area (TPSA) is 88.0 Å². The van der Waals surface area contributed by atoms with E-state index in [9.17, 15) is 9.59 Å². The second-order valence-electron chi connectivity index (χ2n) is 7.50. The number of rotatable bonds is 13. The summed E-state index contributed by atoms with van der Waals surface area (Å²) in [6, 6.07) is 12.0. The van der Waals surface area contributed by atoms with Gasteiger partial charge in [0.25, 0.3) is 5.91 Å². The highest BCUT2D eigenvalue weighted by Gasteiger charge is 2.09. The van der Waals surface area contributed by atoms with Crippen molar-refractivity contribution in [2.75, 3.05) is 31.5 Å². The molecule has 0 bridgehead atoms. The Kier molecular flexibility index (Phi) is 8.60. The van der Waals surface area contributed by atoms with E-state index in [2.05, 4.69) is 52.1 Å². The molecule has 3 N–H and O–H groups in total. The molecule has 7 heteroatoms. The van der Waals surface area contributed by atoms with Crippen LogP contribution >= 0.6 is 0 Å². The smallest absolute Gasteiger partial charge is 0.252 e. The summed E-state index contributed by atoms with van der Waals surface area (Å²) in [7, 11) is 0. The third kappa shape index (κ3) is 6.65. The monoisotopic (exact) mass is 421 g/mol. The zero-order chi connectivity index (χ0) is 21.9. The lowest BCUT2D eigenvalue weighted by Crippen LogP contribution is -2.25. The van der Waals surface area contributed by atoms with Gasteiger partial charge in [-0.25, -0.2) is 4.98 Å². The molecule has 1 amide bonds. The Labute approximate surface area is 183 Å². The number of nitrogens with zero attached hydrogens (tertiary/aromatic N) is 2. The molecule has 0 aliphatic rings. The summed E-state index contributed by atoms with van der Waals surface area (Å²) >= 11 is 0. The van der Waals surface area contributed by atoms with Gasteiger partial charge >= 0.3 is 0 Å². The molecule has 1 aromatic carbocycles. The summed E-state index contributed by atoms with van der Waals surface area (Å²) in [6.07, 6.45) is 7.37. The first kappa shape index (κ1) is 22.5. The predicted octanol–water partition coefficient (Wildman–Crippen LogP) is 3.01. The van der Waals surface area contributed by atoms with Crippen molar-refractivity contribution in [2.45, 2.75) is 32.7 Å². The standard InChI is InChI=1S/C24H31N5O2/c1-2-3-10-25-12-13-26-22-6-4-19(5-7-22)8-11-27-24(31)21-17-20-9-14-29(15-16-30)23(20)28-18-21/h4-7,9,14,16-18,25-26H,2-3,8,10-13,15H2,1H3,(H,27,31). The van der Waals surface area contributed by atoms with Gasteiger partial charge in [-0.2, -0.15) is 0 Å². The average molecular weight is 422 g/mol. The highest BCUT2D eigenvalue weighted by Crippen LogP contribution is 2.15. The molecule has 0 aliphatic carbocycles. The third-order valence-corrected chi connectivity index (χ3v) is 5.13. The SMILES string of the molecule is CCCCNCCNc1ccc(CCNC(=O)c2cnc3c(ccn3CC=O)c2)cc1. The number of carbonyl (C=O) groups excluding carboxylic acids is 2. The lowest BCUT2D eigenvalue weighted by molar-refractivity contribution is -0.108. The fourth-order valence-electron chi connectivity index (χ4n) is 3.36. The largest absolute Gasteiger partial charge is 0.384 e. The van der Waals surface area contributed by atoms with Crippen molar-refractivity contribution < 1.29 is 9.59 Å². The van der Waals surface area contributed by atoms with Gasteiger partial charge < -0.3 is 25.3 Å². The Hall–Kier alpha value is -3.19. The first-order valence-corrected chi connectivity index (χ1v) is 10.9. The van der Waals surface area contributed by atoms with Crippen LogP contribution in [-0.2, 0) is 17.8 Å². The van der Waals surface area contributed by atoms with Crippen molar-refractivity contribution in [1.29, 1.82) is 0 Å². The maximum absolute atomic E-state index is 12.4. The third-order valence-electron chi connectivity index (χ3n) is 5.13. The van der Waals surface area contributed by atoms with Crippen molar-refractivity contribution in [3.63, 3.8) is 0 Å². The summed E-state index contributed by atoms with van der Waals surface area (Å²) < 4.78 is 1.76. The van der Waals surface area contributed by atoms with E-state index < -0.39 is 0 Å². The quantitative estimate of drug-likeness (QED) is 0.292. The molecule has 0 atom stereocenters. The van der Waals surface area contributed by atoms with Crippen LogP contribution in [0.5, 0.6) is 0 Å². The van der Waals surface area contributed by atoms with Crippen LogP contribution < -0.4 is 16.0 Å². The number of benzene rings is 1. The number of aromatic nitrogens is 2. The van der Waals surface area contributed by atoms with Gasteiger partial charge in [-0.3, -0.25) is 4.79 Å². The summed E-state index contributed by atoms with van der Waals surface area (Å²) in [4.78, 5) is 27.5. The molecule has 2 heterocycles. The van der Waals surface area contributed by atoms with Crippen LogP contribution in [0.25, 0.3) is 11.0 Å². The van der Waals surface area contributed by atoms with Gasteiger partial charge in [-0.05, 0) is 49.2 Å². The fourth-order valence-corrected chi connectivity index (χ4v) is 3.36. The van der Waals surface area contributed by atoms with Gasteiger partial charge in [0.15, 0.2) is 0 Å². The van der Waals surface area contributed by atoms with Crippen LogP contribution in [0, 0.1) is 0 Å². The van der Waals surface area contributed by atoms with Crippen molar-refractivity contribution in [2.24, 2.45) is 0 Å². The summed E-state index contributed by atoms with van der Waals surface area (Å²) in [5.74, 6) is -0.147. The zero-order valence-electron chi connectivity index (χ0n) is 18.1. The number of hydrogen-bond acceptors (Lipinski definition) is 5. The Bertz CT molecular complexity index is 981. The van der Waals surface area contributed by atoms with Gasteiger partial charge in [-0.15, -0.1) is 0 Å². The van der Waals surface area contributed by atoms with E-state index in [-0.39, 0.29) is 12.5 Å². The van der Waals surface area contributed by atoms with Crippen LogP contribution in [-0.4, -0.2) is 47.9 Å². The Balaban J connectivity index is 1.42. The summed E-state index contributed by atoms with van der Waals surface area (Å²) in [5.41, 5.74) is 3.50. The highest BCUT2D eigenvalue weighted by atomic mass is 16.1. The Morgan fingerprint density at radius 2 is 1.94 bits per heavy atom. The van der Waals surface area contributed by atoms with Gasteiger partial charge in [0, 0.05) is 43.1 Å². The maximum Gasteiger partial charge on any atom is 0.252 e. The van der Waals surface area contributed by atoms with Gasteiger partial charge in [-0.1, -0.05) is 25.5 Å². The number of fused-ring (bicyclic) bond motifs is 1. The molecule has 2 aromatic heterocycles. The number of carbonyl (C=O) groups is 2. The maximum atomic E-state index is 12.4. The molecule has 0 saturated heterocycles. The first-order chi connectivity index (χ1) is 15.2. The number of hydrogen-bond donors (Lipinski definition) is 3. The number of aldehydes is 1. The molecular weight excluding hydrogens is 390 g/mol. The van der Waals surface area contributed by atoms with Gasteiger partial charge in [0.05, 0.1) is 12.1 Å². The molecule has 0 fully saturated rings. The van der Waals surface area contributed by atoms with Crippen LogP contribution in [0.1, 0.15) is 35.7 Å². The molecule has 0 saturated carbocycles. The van der Waals surface area contributed by atoms with E-state index >= 15 is 0 Å². The normalized spacial score (nSPS) is 10.9. The van der Waals surface area contributed by atoms with Crippen LogP contribution in [0.3, 0.4) is 0 Å². The molecular formula is C24H31N5O2. The zero-order valence-corrected chi connectivity index (χ0v) is 18.1. The fraction of sp³-hybridized carbons (Fsp3) is 0.375. The summed E-state index contributed by atoms with van der Waals surface area (Å²) in [6.45, 7) is 5.93. The van der Waals surface area contributed by atoms with E-state index in [1.54, 1.807) is 23.0 Å². The van der Waals surface area contributed by atoms with Crippen LogP contribution in [0.15, 0.2) is 48.8 Å². The minimum Gasteiger partial charge on any atom is -0.384 e. The number of amides is 1. The molecule has 164 valence electrons. The van der Waals surface area contributed by atoms with E-state index in [4.69, 9.17) is 0 Å². The van der Waals surface area contributed by atoms with Crippen molar-refractivity contribution in [1.82, 2.24) is 20.2 Å². The molecule has 0 spiro atoms. The number of nitrogens with one attached hydrogen (secondary N) is 3. The van der Waals surface area contributed by atoms with E-state index in [1.165, 1.54) is 18.4 Å². The number of pyridine rings is 1. The van der Waals surface area contributed by atoms with Gasteiger partial charge in [0.2, 0.25) is 0 Å². The minimum atomic E-state index is -0.147. The second-order valence-corrected chi connectivity index (χ2v) is 7.50. The Morgan fingerprint density at radius 1 is 1.10 bits per heavy atom. The van der Waals surface area contributed by atoms with Crippen molar-refractivity contribution >= 4 is 28.9 Å². The lowest BCUT2D eigenvalue weighted by atomic mass is 10.1. The second kappa shape index (κ2) is 11.9. The lowest BCUT2D eigenvalue weighted by Gasteiger charge is -2.09. The number of unbranched alkanes of at least 4 members (excludes halogenated alkanes) is 1. The number of anilines is 1. The van der Waals surface area contributed by atoms with Crippen molar-refractivity contribution in [3.05, 3.63) is 59.9 Å². The Morgan fingerprint density at radius 3 is 2.71 bits per heavy atom. The molecule has 0 unspecified atom stereocenters. The van der Waals surface area contributed by atoms with Crippen LogP contribution in [0.4, 0.5) is 5.69 Å². The molecule has 0 aliphatic heterocycles. The highest BCUT2D eigenvalue weighted by molar-refractivity contribution is 5.97. The van der Waals surface area contributed by atoms with Crippen molar-refractivity contribution in [3.8, 4) is 0 Å². The molecule has 7 nitrogen and oxygen atoms in total. The first-order valence-electron chi connectivity index (χ1n) is 10.9. The molecule has 31 heavy (non-hydrogen) atoms. The molecule has 0 radical (unpaired) electrons. The summed E-state index contributed by atoms with van der Waals surface area (Å²) in [5, 5.41) is 10.6. The molecule has 3 rings (SSSR count). The van der Waals surface area contributed by atoms with Crippen LogP contribution in [0.2, 0.25) is 0 Å². The van der Waals surface area contributed by atoms with E-state index in [0.29, 0.717) is 17.8 Å². The van der Waals surface area contributed by atoms with E-state index in [1.807, 2.05) is 6.07 Å². The average Bonchev–Trinajstić information content (AvgIpc) is 3.19. The van der Waals surface area contributed by atoms with Gasteiger partial charge in [0.1, 0.15) is 11.9 Å². The van der Waals surface area contributed by atoms with E-state index in [0.717, 1.165) is 43.4 Å². The minimum absolute atomic E-state index is 0.147. The molecule has 3 aromatic rings.